The number of thiophene rings is 1. The van der Waals surface area contributed by atoms with Gasteiger partial charge in [0.1, 0.15) is 8.49 Å². The van der Waals surface area contributed by atoms with E-state index in [1.807, 2.05) is 6.92 Å². The normalized spacial score (nSPS) is 16.4. The van der Waals surface area contributed by atoms with Crippen LogP contribution in [0.3, 0.4) is 0 Å². The molecule has 0 saturated heterocycles. The quantitative estimate of drug-likeness (QED) is 0.792. The van der Waals surface area contributed by atoms with E-state index in [0.29, 0.717) is 6.61 Å². The average Bonchev–Trinajstić information content (AvgIpc) is 2.53. The Hall–Kier alpha value is -0.520. The number of alkyl halides is 1. The van der Waals surface area contributed by atoms with Crippen LogP contribution in [0.5, 0.6) is 5.75 Å². The van der Waals surface area contributed by atoms with Crippen LogP contribution in [0.15, 0.2) is 8.58 Å². The molecule has 3 heterocycles. The van der Waals surface area contributed by atoms with E-state index in [4.69, 9.17) is 16.3 Å². The van der Waals surface area contributed by atoms with Gasteiger partial charge in [0.05, 0.1) is 12.0 Å². The molecule has 1 unspecified atom stereocenters. The number of hydrogen-bond acceptors (Lipinski definition) is 3. The molecule has 1 N–H and O–H groups in total. The third-order valence-corrected chi connectivity index (χ3v) is 5.14. The van der Waals surface area contributed by atoms with Crippen molar-refractivity contribution in [2.75, 3.05) is 6.61 Å². The summed E-state index contributed by atoms with van der Waals surface area (Å²) in [5, 5.41) is 0.734. The Balaban J connectivity index is 2.47. The molecule has 0 bridgehead atoms. The fraction of sp³-hybridized carbons (Fsp3) is 0.417. The summed E-state index contributed by atoms with van der Waals surface area (Å²) in [5.41, 5.74) is 1.87. The topological polar surface area (TPSA) is 42.1 Å². The summed E-state index contributed by atoms with van der Waals surface area (Å²) >= 11 is 11.1. The van der Waals surface area contributed by atoms with Crippen LogP contribution in [-0.2, 0) is 6.42 Å². The molecular weight excluding hydrogens is 338 g/mol. The number of halogens is 2. The van der Waals surface area contributed by atoms with Crippen LogP contribution in [0.4, 0.5) is 0 Å². The largest absolute Gasteiger partial charge is 0.491 e. The molecule has 1 atom stereocenters. The lowest BCUT2D eigenvalue weighted by Crippen LogP contribution is -2.12. The molecule has 1 aliphatic heterocycles. The third kappa shape index (κ3) is 1.80. The summed E-state index contributed by atoms with van der Waals surface area (Å²) in [6.45, 7) is 2.55. The van der Waals surface area contributed by atoms with Crippen molar-refractivity contribution in [1.29, 1.82) is 0 Å². The maximum absolute atomic E-state index is 12.1. The van der Waals surface area contributed by atoms with Gasteiger partial charge in [-0.05, 0) is 41.3 Å². The first-order valence-electron chi connectivity index (χ1n) is 5.73. The van der Waals surface area contributed by atoms with Gasteiger partial charge in [0.25, 0.3) is 5.56 Å². The number of aromatic nitrogens is 1. The number of rotatable bonds is 1. The molecule has 0 spiro atoms. The second-order valence-electron chi connectivity index (χ2n) is 4.32. The highest BCUT2D eigenvalue weighted by Gasteiger charge is 2.24. The van der Waals surface area contributed by atoms with Gasteiger partial charge in [-0.3, -0.25) is 4.79 Å². The maximum atomic E-state index is 12.1. The summed E-state index contributed by atoms with van der Waals surface area (Å²) in [6.07, 6.45) is 1.82. The molecule has 0 amide bonds. The van der Waals surface area contributed by atoms with Crippen molar-refractivity contribution >= 4 is 49.0 Å². The summed E-state index contributed by atoms with van der Waals surface area (Å²) in [7, 11) is 0. The zero-order valence-electron chi connectivity index (χ0n) is 9.68. The number of H-pyrrole nitrogens is 1. The maximum Gasteiger partial charge on any atom is 0.266 e. The van der Waals surface area contributed by atoms with Gasteiger partial charge < -0.3 is 9.72 Å². The smallest absolute Gasteiger partial charge is 0.266 e. The molecule has 18 heavy (non-hydrogen) atoms. The Morgan fingerprint density at radius 2 is 2.33 bits per heavy atom. The van der Waals surface area contributed by atoms with Gasteiger partial charge in [-0.15, -0.1) is 22.9 Å². The van der Waals surface area contributed by atoms with Crippen molar-refractivity contribution in [3.8, 4) is 5.75 Å². The van der Waals surface area contributed by atoms with Crippen molar-refractivity contribution < 1.29 is 4.74 Å². The van der Waals surface area contributed by atoms with Crippen LogP contribution in [0.2, 0.25) is 0 Å². The third-order valence-electron chi connectivity index (χ3n) is 3.12. The van der Waals surface area contributed by atoms with E-state index in [1.54, 1.807) is 0 Å². The first kappa shape index (κ1) is 12.5. The number of aromatic amines is 1. The lowest BCUT2D eigenvalue weighted by molar-refractivity contribution is 0.319. The summed E-state index contributed by atoms with van der Waals surface area (Å²) in [4.78, 5) is 15.0. The predicted molar refractivity (Wildman–Crippen MR) is 78.2 cm³/mol. The van der Waals surface area contributed by atoms with Crippen LogP contribution >= 0.6 is 38.9 Å². The molecule has 96 valence electrons. The van der Waals surface area contributed by atoms with Gasteiger partial charge in [-0.25, -0.2) is 0 Å². The summed E-state index contributed by atoms with van der Waals surface area (Å²) < 4.78 is 7.35. The SMILES string of the molecule is CC(Cl)c1[nH]c(=O)c2sc(Br)c3c2c1CCCO3. The Morgan fingerprint density at radius 1 is 1.56 bits per heavy atom. The average molecular weight is 349 g/mol. The highest BCUT2D eigenvalue weighted by Crippen LogP contribution is 2.44. The molecule has 0 aromatic carbocycles. The van der Waals surface area contributed by atoms with E-state index in [1.165, 1.54) is 11.3 Å². The minimum atomic E-state index is -0.207. The first-order valence-corrected chi connectivity index (χ1v) is 7.78. The molecule has 0 saturated carbocycles. The van der Waals surface area contributed by atoms with Gasteiger partial charge in [-0.2, -0.15) is 0 Å². The molecule has 3 rings (SSSR count). The second-order valence-corrected chi connectivity index (χ2v) is 7.32. The van der Waals surface area contributed by atoms with E-state index in [0.717, 1.165) is 43.7 Å². The number of pyridine rings is 1. The zero-order chi connectivity index (χ0) is 12.9. The molecule has 1 aliphatic rings. The molecule has 3 nitrogen and oxygen atoms in total. The van der Waals surface area contributed by atoms with Crippen molar-refractivity contribution in [3.63, 3.8) is 0 Å². The molecular formula is C12H11BrClNO2S. The van der Waals surface area contributed by atoms with Crippen LogP contribution in [0, 0.1) is 0 Å². The van der Waals surface area contributed by atoms with E-state index < -0.39 is 0 Å². The molecule has 0 radical (unpaired) electrons. The predicted octanol–water partition coefficient (Wildman–Crippen LogP) is 3.98. The molecule has 2 aromatic heterocycles. The van der Waals surface area contributed by atoms with Gasteiger partial charge in [0, 0.05) is 11.1 Å². The van der Waals surface area contributed by atoms with E-state index in [9.17, 15) is 4.79 Å². The van der Waals surface area contributed by atoms with Crippen molar-refractivity contribution in [2.24, 2.45) is 0 Å². The van der Waals surface area contributed by atoms with E-state index in [2.05, 4.69) is 20.9 Å². The summed E-state index contributed by atoms with van der Waals surface area (Å²) in [6, 6.07) is 0. The Kier molecular flexibility index (Phi) is 3.16. The highest BCUT2D eigenvalue weighted by atomic mass is 79.9. The molecule has 0 aliphatic carbocycles. The molecule has 2 aromatic rings. The number of hydrogen-bond donors (Lipinski definition) is 1. The van der Waals surface area contributed by atoms with Gasteiger partial charge >= 0.3 is 0 Å². The Bertz CT molecular complexity index is 677. The lowest BCUT2D eigenvalue weighted by Gasteiger charge is -2.10. The van der Waals surface area contributed by atoms with Gasteiger partial charge in [0.15, 0.2) is 5.75 Å². The number of aryl methyl sites for hydroxylation is 1. The molecule has 6 heteroatoms. The van der Waals surface area contributed by atoms with Crippen molar-refractivity contribution in [1.82, 2.24) is 4.98 Å². The zero-order valence-corrected chi connectivity index (χ0v) is 12.8. The highest BCUT2D eigenvalue weighted by molar-refractivity contribution is 9.11. The monoisotopic (exact) mass is 347 g/mol. The van der Waals surface area contributed by atoms with Crippen LogP contribution in [0.1, 0.15) is 30.0 Å². The fourth-order valence-electron chi connectivity index (χ4n) is 2.36. The Morgan fingerprint density at radius 3 is 3.06 bits per heavy atom. The lowest BCUT2D eigenvalue weighted by atomic mass is 10.0. The Labute approximate surface area is 121 Å². The molecule has 0 fully saturated rings. The van der Waals surface area contributed by atoms with Crippen molar-refractivity contribution in [3.05, 3.63) is 25.4 Å². The second kappa shape index (κ2) is 4.54. The standard InChI is InChI=1S/C12H11BrClNO2S/c1-5(14)8-6-3-2-4-17-9-7(6)10(12(16)15-8)18-11(9)13/h5H,2-4H2,1H3,(H,15,16). The van der Waals surface area contributed by atoms with E-state index in [-0.39, 0.29) is 10.9 Å². The van der Waals surface area contributed by atoms with Crippen molar-refractivity contribution in [2.45, 2.75) is 25.1 Å². The minimum absolute atomic E-state index is 0.0845. The van der Waals surface area contributed by atoms with Gasteiger partial charge in [-0.1, -0.05) is 0 Å². The number of ether oxygens (including phenoxy) is 1. The van der Waals surface area contributed by atoms with Crippen LogP contribution < -0.4 is 10.3 Å². The number of nitrogens with one attached hydrogen (secondary N) is 1. The summed E-state index contributed by atoms with van der Waals surface area (Å²) in [5.74, 6) is 0.798. The first-order chi connectivity index (χ1) is 8.59. The van der Waals surface area contributed by atoms with Crippen LogP contribution in [-0.4, -0.2) is 11.6 Å². The fourth-order valence-corrected chi connectivity index (χ4v) is 4.24. The minimum Gasteiger partial charge on any atom is -0.491 e. The van der Waals surface area contributed by atoms with Crippen LogP contribution in [0.25, 0.3) is 10.1 Å². The van der Waals surface area contributed by atoms with E-state index >= 15 is 0 Å². The van der Waals surface area contributed by atoms with Gasteiger partial charge in [0.2, 0.25) is 0 Å².